The molecule has 0 spiro atoms. The maximum absolute atomic E-state index is 3.83. The predicted octanol–water partition coefficient (Wildman–Crippen LogP) is 5.50. The van der Waals surface area contributed by atoms with Crippen molar-refractivity contribution in [3.8, 4) is 0 Å². The second-order valence-electron chi connectivity index (χ2n) is 7.41. The van der Waals surface area contributed by atoms with Crippen LogP contribution in [0.3, 0.4) is 0 Å². The normalized spacial score (nSPS) is 19.7. The number of rotatable bonds is 6. The molecule has 0 bridgehead atoms. The topological polar surface area (TPSA) is 12.0 Å². The molecule has 1 aromatic rings. The van der Waals surface area contributed by atoms with E-state index >= 15 is 0 Å². The van der Waals surface area contributed by atoms with Gasteiger partial charge in [-0.2, -0.15) is 0 Å². The molecule has 2 atom stereocenters. The summed E-state index contributed by atoms with van der Waals surface area (Å²) < 4.78 is 0. The Hall–Kier alpha value is -0.820. The number of benzene rings is 1. The zero-order valence-corrected chi connectivity index (χ0v) is 14.4. The van der Waals surface area contributed by atoms with Crippen LogP contribution in [0.15, 0.2) is 24.3 Å². The first-order chi connectivity index (χ1) is 10.1. The van der Waals surface area contributed by atoms with Crippen molar-refractivity contribution in [2.45, 2.75) is 78.3 Å². The van der Waals surface area contributed by atoms with E-state index in [4.69, 9.17) is 0 Å². The van der Waals surface area contributed by atoms with Gasteiger partial charge in [0.2, 0.25) is 0 Å². The maximum atomic E-state index is 3.83. The average Bonchev–Trinajstić information content (AvgIpc) is 2.48. The van der Waals surface area contributed by atoms with Gasteiger partial charge in [-0.15, -0.1) is 0 Å². The molecule has 118 valence electrons. The molecule has 1 N–H and O–H groups in total. The molecule has 0 heterocycles. The van der Waals surface area contributed by atoms with Crippen LogP contribution in [0, 0.1) is 11.8 Å². The van der Waals surface area contributed by atoms with Crippen LogP contribution in [-0.2, 0) is 6.42 Å². The van der Waals surface area contributed by atoms with Crippen molar-refractivity contribution in [1.29, 1.82) is 0 Å². The van der Waals surface area contributed by atoms with Crippen LogP contribution in [0.1, 0.15) is 77.0 Å². The summed E-state index contributed by atoms with van der Waals surface area (Å²) in [5.74, 6) is 1.61. The monoisotopic (exact) mass is 287 g/mol. The Labute approximate surface area is 131 Å². The highest BCUT2D eigenvalue weighted by Crippen LogP contribution is 2.27. The minimum atomic E-state index is 0.454. The van der Waals surface area contributed by atoms with Crippen LogP contribution < -0.4 is 5.32 Å². The first-order valence-corrected chi connectivity index (χ1v) is 8.91. The molecule has 0 amide bonds. The summed E-state index contributed by atoms with van der Waals surface area (Å²) in [5.41, 5.74) is 2.88. The van der Waals surface area contributed by atoms with Crippen LogP contribution >= 0.6 is 0 Å². The lowest BCUT2D eigenvalue weighted by molar-refractivity contribution is 0.268. The zero-order valence-electron chi connectivity index (χ0n) is 14.4. The largest absolute Gasteiger partial charge is 0.307 e. The van der Waals surface area contributed by atoms with Gasteiger partial charge in [0.15, 0.2) is 0 Å². The van der Waals surface area contributed by atoms with Crippen molar-refractivity contribution >= 4 is 0 Å². The fourth-order valence-corrected chi connectivity index (χ4v) is 3.67. The van der Waals surface area contributed by atoms with Gasteiger partial charge >= 0.3 is 0 Å². The second-order valence-corrected chi connectivity index (χ2v) is 7.41. The van der Waals surface area contributed by atoms with Crippen molar-refractivity contribution in [3.05, 3.63) is 35.4 Å². The Morgan fingerprint density at radius 1 is 0.952 bits per heavy atom. The molecule has 0 aromatic heterocycles. The molecular formula is C20H33N. The van der Waals surface area contributed by atoms with E-state index in [1.165, 1.54) is 49.7 Å². The van der Waals surface area contributed by atoms with E-state index in [0.29, 0.717) is 12.1 Å². The van der Waals surface area contributed by atoms with Crippen LogP contribution in [0.25, 0.3) is 0 Å². The minimum absolute atomic E-state index is 0.454. The van der Waals surface area contributed by atoms with Crippen molar-refractivity contribution in [2.75, 3.05) is 0 Å². The van der Waals surface area contributed by atoms with E-state index in [1.54, 1.807) is 0 Å². The smallest absolute Gasteiger partial charge is 0.0294 e. The molecule has 0 radical (unpaired) electrons. The summed E-state index contributed by atoms with van der Waals surface area (Å²) in [5, 5.41) is 3.83. The first-order valence-electron chi connectivity index (χ1n) is 8.91. The lowest BCUT2D eigenvalue weighted by Gasteiger charge is -2.31. The SMILES string of the molecule is CC(C)Cc1ccc(C(C)NC(C)C2CCCCC2)cc1. The van der Waals surface area contributed by atoms with Gasteiger partial charge in [0, 0.05) is 12.1 Å². The molecular weight excluding hydrogens is 254 g/mol. The molecule has 2 rings (SSSR count). The van der Waals surface area contributed by atoms with Gasteiger partial charge in [-0.3, -0.25) is 0 Å². The molecule has 2 unspecified atom stereocenters. The molecule has 0 aliphatic heterocycles. The molecule has 1 aliphatic carbocycles. The maximum Gasteiger partial charge on any atom is 0.0294 e. The fraction of sp³-hybridized carbons (Fsp3) is 0.700. The van der Waals surface area contributed by atoms with Crippen LogP contribution in [0.2, 0.25) is 0 Å². The Morgan fingerprint density at radius 2 is 1.57 bits per heavy atom. The predicted molar refractivity (Wildman–Crippen MR) is 92.6 cm³/mol. The molecule has 1 saturated carbocycles. The van der Waals surface area contributed by atoms with Crippen LogP contribution in [0.4, 0.5) is 0 Å². The Balaban J connectivity index is 1.88. The molecule has 1 aliphatic rings. The summed E-state index contributed by atoms with van der Waals surface area (Å²) in [6.45, 7) is 9.24. The molecule has 1 aromatic carbocycles. The van der Waals surface area contributed by atoms with Gasteiger partial charge in [-0.05, 0) is 56.1 Å². The van der Waals surface area contributed by atoms with E-state index in [9.17, 15) is 0 Å². The van der Waals surface area contributed by atoms with E-state index in [2.05, 4.69) is 57.3 Å². The highest BCUT2D eigenvalue weighted by molar-refractivity contribution is 5.25. The quantitative estimate of drug-likeness (QED) is 0.728. The standard InChI is InChI=1S/C20H33N/c1-15(2)14-18-10-12-20(13-11-18)17(4)21-16(3)19-8-6-5-7-9-19/h10-13,15-17,19,21H,5-9,14H2,1-4H3. The molecule has 21 heavy (non-hydrogen) atoms. The molecule has 1 nitrogen and oxygen atoms in total. The fourth-order valence-electron chi connectivity index (χ4n) is 3.67. The van der Waals surface area contributed by atoms with Crippen LogP contribution in [-0.4, -0.2) is 6.04 Å². The third-order valence-corrected chi connectivity index (χ3v) is 4.99. The summed E-state index contributed by atoms with van der Waals surface area (Å²) in [7, 11) is 0. The zero-order chi connectivity index (χ0) is 15.2. The molecule has 1 heteroatoms. The summed E-state index contributed by atoms with van der Waals surface area (Å²) in [6.07, 6.45) is 8.29. The molecule has 1 fully saturated rings. The van der Waals surface area contributed by atoms with Gasteiger partial charge in [0.05, 0.1) is 0 Å². The number of hydrogen-bond acceptors (Lipinski definition) is 1. The summed E-state index contributed by atoms with van der Waals surface area (Å²) >= 11 is 0. The second kappa shape index (κ2) is 7.98. The minimum Gasteiger partial charge on any atom is -0.307 e. The number of nitrogens with one attached hydrogen (secondary N) is 1. The third kappa shape index (κ3) is 5.14. The highest BCUT2D eigenvalue weighted by atomic mass is 14.9. The van der Waals surface area contributed by atoms with Crippen molar-refractivity contribution in [3.63, 3.8) is 0 Å². The summed E-state index contributed by atoms with van der Waals surface area (Å²) in [4.78, 5) is 0. The average molecular weight is 287 g/mol. The first kappa shape index (κ1) is 16.5. The Morgan fingerprint density at radius 3 is 2.14 bits per heavy atom. The van der Waals surface area contributed by atoms with Gasteiger partial charge in [-0.1, -0.05) is 57.4 Å². The lowest BCUT2D eigenvalue weighted by atomic mass is 9.84. The van der Waals surface area contributed by atoms with Gasteiger partial charge in [0.1, 0.15) is 0 Å². The van der Waals surface area contributed by atoms with Crippen molar-refractivity contribution < 1.29 is 0 Å². The number of hydrogen-bond donors (Lipinski definition) is 1. The van der Waals surface area contributed by atoms with Crippen molar-refractivity contribution in [2.24, 2.45) is 11.8 Å². The van der Waals surface area contributed by atoms with Crippen LogP contribution in [0.5, 0.6) is 0 Å². The lowest BCUT2D eigenvalue weighted by Crippen LogP contribution is -2.36. The van der Waals surface area contributed by atoms with E-state index < -0.39 is 0 Å². The third-order valence-electron chi connectivity index (χ3n) is 4.99. The van der Waals surface area contributed by atoms with E-state index in [-0.39, 0.29) is 0 Å². The Kier molecular flexibility index (Phi) is 6.29. The Bertz CT molecular complexity index is 400. The highest BCUT2D eigenvalue weighted by Gasteiger charge is 2.21. The van der Waals surface area contributed by atoms with Gasteiger partial charge in [0.25, 0.3) is 0 Å². The van der Waals surface area contributed by atoms with Gasteiger partial charge in [-0.25, -0.2) is 0 Å². The molecule has 0 saturated heterocycles. The van der Waals surface area contributed by atoms with E-state index in [1.807, 2.05) is 0 Å². The summed E-state index contributed by atoms with van der Waals surface area (Å²) in [6, 6.07) is 10.3. The van der Waals surface area contributed by atoms with E-state index in [0.717, 1.165) is 11.8 Å². The van der Waals surface area contributed by atoms with Crippen molar-refractivity contribution in [1.82, 2.24) is 5.32 Å². The van der Waals surface area contributed by atoms with Gasteiger partial charge < -0.3 is 5.32 Å².